The lowest BCUT2D eigenvalue weighted by atomic mass is 9.97. The van der Waals surface area contributed by atoms with Gasteiger partial charge in [0.15, 0.2) is 30.0 Å². The number of hydrogen-bond donors (Lipinski definition) is 0. The average molecular weight is 1140 g/mol. The lowest BCUT2D eigenvalue weighted by molar-refractivity contribution is -0.667. The van der Waals surface area contributed by atoms with Crippen molar-refractivity contribution in [2.45, 2.75) is 138 Å². The van der Waals surface area contributed by atoms with Crippen molar-refractivity contribution in [2.24, 2.45) is 35.2 Å². The molecule has 85 heavy (non-hydrogen) atoms. The number of nitrogens with zero attached hydrogens (tertiary/aromatic N) is 5. The van der Waals surface area contributed by atoms with Crippen molar-refractivity contribution in [2.75, 3.05) is 0 Å². The SMILES string of the molecule is Cc1cc(-c2c(C)cccc2C)[n+](C)cc1C.Cc1cccc(-c2c(C)ccc(C)[n+]2C)c1C.[2H]C([2H])([2H])c1c[n+](C)c(-c2c(C)cccc2C)cc1C.[2H]C([2H])([2H])c1c[n+](C)c(-c2cc(C)ccc2C)cc1C.[2H]C([2H])([2H])c1ccc(C)c(-c2cccc(C)c2C)[n+]1C. The Kier molecular flexibility index (Phi) is 18.0. The van der Waals surface area contributed by atoms with Gasteiger partial charge in [0, 0.05) is 101 Å². The standard InChI is InChI=1S/5C16H20N/c1-11-6-7-12(2)15(8-11)16-9-13(3)14(4)10-17(16)5;2*1-11-7-6-8-12(2)16(11)15-9-13(3)14(4)10-17(15)5;2*1-11-7-6-8-15(14(11)4)16-12(2)9-10-13(3)17(16)5/h5*6-10H,1-5H3/q5*+1/i2*4D3;;3D3;. The quantitative estimate of drug-likeness (QED) is 0.153. The third kappa shape index (κ3) is 15.6. The zero-order valence-electron chi connectivity index (χ0n) is 64.2. The van der Waals surface area contributed by atoms with Crippen LogP contribution in [0, 0.1) is 138 Å². The number of pyridine rings is 5. The van der Waals surface area contributed by atoms with E-state index in [1.165, 1.54) is 106 Å². The molecule has 0 saturated carbocycles. The van der Waals surface area contributed by atoms with Crippen LogP contribution in [0.1, 0.15) is 124 Å². The maximum absolute atomic E-state index is 7.65. The van der Waals surface area contributed by atoms with Crippen LogP contribution in [0.5, 0.6) is 0 Å². The van der Waals surface area contributed by atoms with Crippen LogP contribution in [0.3, 0.4) is 0 Å². The summed E-state index contributed by atoms with van der Waals surface area (Å²) in [6.07, 6.45) is 5.65. The van der Waals surface area contributed by atoms with E-state index in [9.17, 15) is 0 Å². The predicted molar refractivity (Wildman–Crippen MR) is 360 cm³/mol. The topological polar surface area (TPSA) is 19.4 Å². The van der Waals surface area contributed by atoms with E-state index < -0.39 is 20.6 Å². The maximum atomic E-state index is 7.65. The van der Waals surface area contributed by atoms with Gasteiger partial charge in [-0.3, -0.25) is 0 Å². The van der Waals surface area contributed by atoms with Crippen LogP contribution >= 0.6 is 0 Å². The average Bonchev–Trinajstić information content (AvgIpc) is 0.831. The zero-order valence-corrected chi connectivity index (χ0v) is 55.2. The van der Waals surface area contributed by atoms with Gasteiger partial charge in [-0.2, -0.15) is 9.13 Å². The van der Waals surface area contributed by atoms with Gasteiger partial charge in [-0.15, -0.1) is 0 Å². The van der Waals surface area contributed by atoms with Gasteiger partial charge in [0.1, 0.15) is 35.2 Å². The van der Waals surface area contributed by atoms with E-state index >= 15 is 0 Å². The van der Waals surface area contributed by atoms with Crippen LogP contribution in [0.25, 0.3) is 56.3 Å². The van der Waals surface area contributed by atoms with Crippen LogP contribution in [-0.4, -0.2) is 0 Å². The second kappa shape index (κ2) is 28.6. The van der Waals surface area contributed by atoms with Gasteiger partial charge in [0.2, 0.25) is 28.5 Å². The molecule has 5 heterocycles. The van der Waals surface area contributed by atoms with Crippen LogP contribution in [0.15, 0.2) is 152 Å². The molecule has 5 nitrogen and oxygen atoms in total. The Hall–Kier alpha value is -8.15. The van der Waals surface area contributed by atoms with E-state index in [1.54, 1.807) is 23.0 Å². The van der Waals surface area contributed by atoms with Crippen LogP contribution in [0.4, 0.5) is 0 Å². The molecule has 0 aliphatic carbocycles. The minimum atomic E-state index is -2.10. The summed E-state index contributed by atoms with van der Waals surface area (Å²) >= 11 is 0. The van der Waals surface area contributed by atoms with Crippen LogP contribution in [-0.2, 0) is 35.2 Å². The summed E-state index contributed by atoms with van der Waals surface area (Å²) < 4.78 is 78.6. The molecule has 5 aromatic carbocycles. The summed E-state index contributed by atoms with van der Waals surface area (Å²) in [5.74, 6) is 0. The molecular formula is C80H100N5+5. The Morgan fingerprint density at radius 2 is 0.624 bits per heavy atom. The Morgan fingerprint density at radius 3 is 1.06 bits per heavy atom. The Balaban J connectivity index is 0.000000187. The number of rotatable bonds is 5. The molecule has 0 amide bonds. The summed E-state index contributed by atoms with van der Waals surface area (Å²) in [4.78, 5) is 0. The van der Waals surface area contributed by atoms with Crippen molar-refractivity contribution < 1.29 is 35.2 Å². The van der Waals surface area contributed by atoms with Gasteiger partial charge in [0.05, 0.1) is 11.1 Å². The summed E-state index contributed by atoms with van der Waals surface area (Å²) in [5, 5.41) is 0. The van der Waals surface area contributed by atoms with Gasteiger partial charge in [-0.1, -0.05) is 78.4 Å². The highest BCUT2D eigenvalue weighted by Crippen LogP contribution is 2.30. The zero-order chi connectivity index (χ0) is 70.4. The molecule has 0 unspecified atom stereocenters. The number of aromatic nitrogens is 5. The summed E-state index contributed by atoms with van der Waals surface area (Å²) in [6.45, 7) is 29.3. The van der Waals surface area contributed by atoms with Crippen molar-refractivity contribution in [3.8, 4) is 56.3 Å². The van der Waals surface area contributed by atoms with E-state index in [1.807, 2.05) is 87.4 Å². The molecule has 0 aliphatic rings. The molecule has 0 atom stereocenters. The number of aryl methyl sites for hydroxylation is 21. The molecule has 5 heteroatoms. The van der Waals surface area contributed by atoms with E-state index in [0.717, 1.165) is 44.9 Å². The molecule has 0 N–H and O–H groups in total. The fourth-order valence-electron chi connectivity index (χ4n) is 11.1. The highest BCUT2D eigenvalue weighted by atomic mass is 15.0. The molecule has 0 fully saturated rings. The lowest BCUT2D eigenvalue weighted by Crippen LogP contribution is -2.35. The van der Waals surface area contributed by atoms with E-state index in [-0.39, 0.29) is 0 Å². The van der Waals surface area contributed by atoms with Crippen molar-refractivity contribution in [1.82, 2.24) is 0 Å². The van der Waals surface area contributed by atoms with Crippen LogP contribution in [0.2, 0.25) is 0 Å². The predicted octanol–water partition coefficient (Wildman–Crippen LogP) is 17.1. The second-order valence-corrected chi connectivity index (χ2v) is 23.6. The maximum Gasteiger partial charge on any atom is 0.215 e. The van der Waals surface area contributed by atoms with Gasteiger partial charge in [-0.25, -0.2) is 13.7 Å². The molecule has 10 aromatic rings. The summed E-state index contributed by atoms with van der Waals surface area (Å²) in [7, 11) is 9.88. The van der Waals surface area contributed by atoms with E-state index in [4.69, 9.17) is 12.3 Å². The first kappa shape index (κ1) is 53.6. The largest absolute Gasteiger partial charge is 0.215 e. The van der Waals surface area contributed by atoms with Crippen molar-refractivity contribution in [3.05, 3.63) is 264 Å². The molecule has 0 radical (unpaired) electrons. The Bertz CT molecular complexity index is 4380. The second-order valence-electron chi connectivity index (χ2n) is 23.6. The summed E-state index contributed by atoms with van der Waals surface area (Å²) in [6, 6.07) is 45.8. The van der Waals surface area contributed by atoms with Gasteiger partial charge in [0.25, 0.3) is 0 Å². The molecule has 0 bridgehead atoms. The minimum Gasteiger partial charge on any atom is -0.201 e. The third-order valence-corrected chi connectivity index (χ3v) is 16.9. The third-order valence-electron chi connectivity index (χ3n) is 16.9. The Morgan fingerprint density at radius 1 is 0.271 bits per heavy atom. The number of hydrogen-bond acceptors (Lipinski definition) is 0. The van der Waals surface area contributed by atoms with Gasteiger partial charge < -0.3 is 0 Å². The molecule has 10 rings (SSSR count). The van der Waals surface area contributed by atoms with Gasteiger partial charge >= 0.3 is 0 Å². The molecule has 440 valence electrons. The molecular weight excluding hydrogens is 1030 g/mol. The fourth-order valence-corrected chi connectivity index (χ4v) is 11.1. The fraction of sp³-hybridized carbons (Fsp3) is 0.312. The van der Waals surface area contributed by atoms with Crippen molar-refractivity contribution >= 4 is 0 Å². The normalized spacial score (nSPS) is 12.7. The molecule has 0 aliphatic heterocycles. The van der Waals surface area contributed by atoms with E-state index in [2.05, 4.69) is 217 Å². The molecule has 5 aromatic heterocycles. The lowest BCUT2D eigenvalue weighted by Gasteiger charge is -2.10. The highest BCUT2D eigenvalue weighted by molar-refractivity contribution is 5.69. The van der Waals surface area contributed by atoms with E-state index in [0.29, 0.717) is 16.8 Å². The smallest absolute Gasteiger partial charge is 0.201 e. The number of benzene rings is 5. The monoisotopic (exact) mass is 1140 g/mol. The Labute approximate surface area is 526 Å². The molecule has 0 saturated heterocycles. The molecule has 0 spiro atoms. The first-order valence-corrected chi connectivity index (χ1v) is 29.5. The van der Waals surface area contributed by atoms with Crippen LogP contribution < -0.4 is 22.8 Å². The highest BCUT2D eigenvalue weighted by Gasteiger charge is 2.21. The minimum absolute atomic E-state index is 0.360. The first-order valence-electron chi connectivity index (χ1n) is 34.0. The first-order chi connectivity index (χ1) is 43.7. The van der Waals surface area contributed by atoms with Crippen molar-refractivity contribution in [3.63, 3.8) is 0 Å². The van der Waals surface area contributed by atoms with Crippen molar-refractivity contribution in [1.29, 1.82) is 0 Å². The van der Waals surface area contributed by atoms with Gasteiger partial charge in [-0.05, 0) is 222 Å². The summed E-state index contributed by atoms with van der Waals surface area (Å²) in [5.41, 5.74) is 33.5.